The molecule has 0 bridgehead atoms. The van der Waals surface area contributed by atoms with Crippen LogP contribution in [-0.2, 0) is 25.7 Å². The molecule has 2 aliphatic carbocycles. The summed E-state index contributed by atoms with van der Waals surface area (Å²) in [4.78, 5) is 40.7. The Morgan fingerprint density at radius 3 is 2.36 bits per heavy atom. The molecular weight excluding hydrogens is 726 g/mol. The quantitative estimate of drug-likeness (QED) is 0.195. The SMILES string of the molecule is COCC1(CN(C)c2cc(-c3cc(C4CC4)nc(C(F)(F)F)c3)nc3nc(-c4cnc(N5CCN(S(=O)(=O)CC(=O)[O-])CC5)cn4)[nH]c23)CCCC1.[Na+]. The van der Waals surface area contributed by atoms with Crippen LogP contribution >= 0.6 is 0 Å². The van der Waals surface area contributed by atoms with Gasteiger partial charge in [-0.15, -0.1) is 0 Å². The summed E-state index contributed by atoms with van der Waals surface area (Å²) in [6.45, 7) is 1.98. The second-order valence-electron chi connectivity index (χ2n) is 14.0. The molecule has 1 aliphatic heterocycles. The Bertz CT molecular complexity index is 2070. The van der Waals surface area contributed by atoms with Gasteiger partial charge in [-0.3, -0.25) is 0 Å². The Hall–Kier alpha value is -3.42. The molecule has 0 unspecified atom stereocenters. The predicted molar refractivity (Wildman–Crippen MR) is 184 cm³/mol. The zero-order valence-electron chi connectivity index (χ0n) is 29.8. The second kappa shape index (κ2) is 15.4. The summed E-state index contributed by atoms with van der Waals surface area (Å²) in [6, 6.07) is 4.54. The molecule has 278 valence electrons. The summed E-state index contributed by atoms with van der Waals surface area (Å²) < 4.78 is 73.4. The smallest absolute Gasteiger partial charge is 0.549 e. The summed E-state index contributed by atoms with van der Waals surface area (Å²) in [7, 11) is -0.323. The van der Waals surface area contributed by atoms with Crippen LogP contribution in [0.1, 0.15) is 55.8 Å². The van der Waals surface area contributed by atoms with Gasteiger partial charge in [0.25, 0.3) is 0 Å². The van der Waals surface area contributed by atoms with E-state index in [2.05, 4.69) is 24.8 Å². The number of anilines is 2. The van der Waals surface area contributed by atoms with E-state index in [4.69, 9.17) is 14.7 Å². The first-order valence-electron chi connectivity index (χ1n) is 17.2. The van der Waals surface area contributed by atoms with Gasteiger partial charge in [-0.2, -0.15) is 17.5 Å². The number of carboxylic acids is 1. The molecule has 5 heterocycles. The number of sulfonamides is 1. The molecule has 4 aromatic heterocycles. The monoisotopic (exact) mass is 765 g/mol. The topological polar surface area (TPSA) is 173 Å². The molecule has 0 atom stereocenters. The number of nitrogens with zero attached hydrogens (tertiary/aromatic N) is 8. The zero-order valence-corrected chi connectivity index (χ0v) is 32.6. The van der Waals surface area contributed by atoms with Crippen LogP contribution in [0.15, 0.2) is 30.6 Å². The third kappa shape index (κ3) is 8.62. The minimum Gasteiger partial charge on any atom is -0.549 e. The summed E-state index contributed by atoms with van der Waals surface area (Å²) in [5.74, 6) is -1.86. The number of nitrogens with one attached hydrogen (secondary N) is 1. The molecule has 1 N–H and O–H groups in total. The third-order valence-electron chi connectivity index (χ3n) is 10.1. The van der Waals surface area contributed by atoms with Crippen molar-refractivity contribution in [3.05, 3.63) is 42.0 Å². The van der Waals surface area contributed by atoms with Crippen LogP contribution in [0.2, 0.25) is 0 Å². The number of carboxylic acid groups (broad SMARTS) is 1. The first kappa shape index (κ1) is 39.3. The van der Waals surface area contributed by atoms with E-state index in [0.717, 1.165) is 54.6 Å². The number of alkyl halides is 3. The van der Waals surface area contributed by atoms with E-state index in [1.165, 1.54) is 6.20 Å². The maximum Gasteiger partial charge on any atom is 1.00 e. The minimum atomic E-state index is -4.62. The molecule has 7 rings (SSSR count). The summed E-state index contributed by atoms with van der Waals surface area (Å²) in [6.07, 6.45) is 4.22. The molecule has 0 radical (unpaired) electrons. The number of imidazole rings is 1. The average Bonchev–Trinajstić information content (AvgIpc) is 3.72. The molecule has 0 amide bonds. The Balaban J connectivity index is 0.00000481. The first-order valence-corrected chi connectivity index (χ1v) is 18.8. The van der Waals surface area contributed by atoms with Crippen LogP contribution in [0, 0.1) is 5.41 Å². The van der Waals surface area contributed by atoms with Crippen LogP contribution in [0.4, 0.5) is 24.7 Å². The van der Waals surface area contributed by atoms with Gasteiger partial charge in [0.1, 0.15) is 28.5 Å². The van der Waals surface area contributed by atoms with E-state index in [-0.39, 0.29) is 67.1 Å². The van der Waals surface area contributed by atoms with Crippen LogP contribution in [0.5, 0.6) is 0 Å². The largest absolute Gasteiger partial charge is 1.00 e. The Labute approximate surface area is 326 Å². The van der Waals surface area contributed by atoms with Gasteiger partial charge in [-0.05, 0) is 43.9 Å². The van der Waals surface area contributed by atoms with E-state index in [9.17, 15) is 31.5 Å². The zero-order chi connectivity index (χ0) is 36.8. The molecular formula is C34H39F3N9NaO5S. The third-order valence-corrected chi connectivity index (χ3v) is 11.9. The number of hydrogen-bond acceptors (Lipinski definition) is 12. The second-order valence-corrected chi connectivity index (χ2v) is 16.0. The van der Waals surface area contributed by atoms with Gasteiger partial charge in [-0.25, -0.2) is 33.3 Å². The van der Waals surface area contributed by atoms with E-state index in [0.29, 0.717) is 58.6 Å². The summed E-state index contributed by atoms with van der Waals surface area (Å²) in [5, 5.41) is 10.9. The van der Waals surface area contributed by atoms with E-state index >= 15 is 0 Å². The van der Waals surface area contributed by atoms with Crippen molar-refractivity contribution in [2.45, 2.75) is 50.6 Å². The Morgan fingerprint density at radius 1 is 1.04 bits per heavy atom. The molecule has 4 aromatic rings. The number of H-pyrrole nitrogens is 1. The Morgan fingerprint density at radius 2 is 1.75 bits per heavy atom. The van der Waals surface area contributed by atoms with Gasteiger partial charge < -0.3 is 29.4 Å². The average molecular weight is 766 g/mol. The van der Waals surface area contributed by atoms with Crippen LogP contribution in [-0.4, -0.2) is 108 Å². The van der Waals surface area contributed by atoms with Crippen molar-refractivity contribution in [2.75, 3.05) is 69.0 Å². The van der Waals surface area contributed by atoms with Crippen molar-refractivity contribution in [1.29, 1.82) is 0 Å². The number of halogens is 3. The number of aromatic nitrogens is 6. The van der Waals surface area contributed by atoms with Crippen LogP contribution in [0.3, 0.4) is 0 Å². The molecule has 19 heteroatoms. The molecule has 3 fully saturated rings. The van der Waals surface area contributed by atoms with Gasteiger partial charge in [0.15, 0.2) is 11.5 Å². The van der Waals surface area contributed by atoms with Gasteiger partial charge in [0.2, 0.25) is 10.0 Å². The van der Waals surface area contributed by atoms with Crippen molar-refractivity contribution in [2.24, 2.45) is 5.41 Å². The number of rotatable bonds is 12. The molecule has 53 heavy (non-hydrogen) atoms. The first-order chi connectivity index (χ1) is 24.7. The summed E-state index contributed by atoms with van der Waals surface area (Å²) >= 11 is 0. The van der Waals surface area contributed by atoms with Gasteiger partial charge in [-0.1, -0.05) is 12.8 Å². The van der Waals surface area contributed by atoms with E-state index in [1.54, 1.807) is 25.4 Å². The van der Waals surface area contributed by atoms with Crippen LogP contribution in [0.25, 0.3) is 33.9 Å². The van der Waals surface area contributed by atoms with Crippen molar-refractivity contribution >= 4 is 38.7 Å². The maximum absolute atomic E-state index is 14.0. The van der Waals surface area contributed by atoms with E-state index in [1.807, 2.05) is 11.9 Å². The number of aliphatic carboxylic acids is 1. The molecule has 14 nitrogen and oxygen atoms in total. The molecule has 1 saturated heterocycles. The normalized spacial score (nSPS) is 17.9. The molecule has 0 aromatic carbocycles. The van der Waals surface area contributed by atoms with Crippen molar-refractivity contribution in [1.82, 2.24) is 34.2 Å². The van der Waals surface area contributed by atoms with Gasteiger partial charge >= 0.3 is 35.7 Å². The van der Waals surface area contributed by atoms with Gasteiger partial charge in [0.05, 0.1) is 36.4 Å². The standard InChI is InChI=1S/C34H40F3N9O5S.Na/c1-44(19-33(20-51-2)7-3-4-8-33)26-15-24(22-13-23(21-5-6-21)40-27(14-22)34(35,36)37)41-32-30(26)42-31(43-32)25-16-39-28(17-38-25)45-9-11-46(12-10-45)52(49,50)18-29(47)48;/h13-17,21H,3-12,18-20H2,1-2H3,(H,47,48)(H,41,42,43);/q;+1/p-1. The van der Waals surface area contributed by atoms with Crippen LogP contribution < -0.4 is 44.5 Å². The van der Waals surface area contributed by atoms with Crippen molar-refractivity contribution < 1.29 is 65.8 Å². The Kier molecular flexibility index (Phi) is 11.4. The number of fused-ring (bicyclic) bond motifs is 1. The number of carbonyl (C=O) groups excluding carboxylic acids is 1. The number of carbonyl (C=O) groups is 1. The number of methoxy groups -OCH3 is 1. The fourth-order valence-corrected chi connectivity index (χ4v) is 8.59. The number of hydrogen-bond donors (Lipinski definition) is 1. The molecule has 0 spiro atoms. The van der Waals surface area contributed by atoms with Crippen molar-refractivity contribution in [3.63, 3.8) is 0 Å². The minimum absolute atomic E-state index is 0. The molecule has 3 aliphatic rings. The predicted octanol–water partition coefficient (Wildman–Crippen LogP) is 0.222. The number of aromatic amines is 1. The number of ether oxygens (including phenoxy) is 1. The van der Waals surface area contributed by atoms with Gasteiger partial charge in [0, 0.05) is 69.5 Å². The van der Waals surface area contributed by atoms with E-state index < -0.39 is 33.6 Å². The fraction of sp³-hybridized carbons (Fsp3) is 0.529. The number of pyridine rings is 2. The maximum atomic E-state index is 14.0. The number of piperazine rings is 1. The summed E-state index contributed by atoms with van der Waals surface area (Å²) in [5.41, 5.74) is 2.06. The fourth-order valence-electron chi connectivity index (χ4n) is 7.39. The molecule has 2 saturated carbocycles. The van der Waals surface area contributed by atoms with Crippen molar-refractivity contribution in [3.8, 4) is 22.8 Å².